The molecule has 0 aromatic rings. The zero-order valence-electron chi connectivity index (χ0n) is 11.3. The van der Waals surface area contributed by atoms with Gasteiger partial charge < -0.3 is 0 Å². The molecule has 0 N–H and O–H groups in total. The Kier molecular flexibility index (Phi) is 7.04. The van der Waals surface area contributed by atoms with Gasteiger partial charge in [0.1, 0.15) is 0 Å². The second kappa shape index (κ2) is 6.33. The molecule has 1 nitrogen and oxygen atoms in total. The molecule has 0 unspecified atom stereocenters. The second-order valence-corrected chi connectivity index (χ2v) is 36.7. The Morgan fingerprint density at radius 1 is 0.786 bits per heavy atom. The number of hydrogen-bond donors (Lipinski definition) is 0. The maximum absolute atomic E-state index is 2.97. The van der Waals surface area contributed by atoms with Crippen molar-refractivity contribution in [2.45, 2.75) is 55.3 Å². The zero-order valence-corrected chi connectivity index (χ0v) is 17.0. The summed E-state index contributed by atoms with van der Waals surface area (Å²) in [4.78, 5) is 10.5. The van der Waals surface area contributed by atoms with Gasteiger partial charge in [-0.2, -0.15) is 0 Å². The van der Waals surface area contributed by atoms with Gasteiger partial charge in [-0.3, -0.25) is 0 Å². The van der Waals surface area contributed by atoms with Crippen LogP contribution in [0.2, 0.25) is 28.6 Å². The minimum absolute atomic E-state index is 1.39. The van der Waals surface area contributed by atoms with Crippen LogP contribution in [0.5, 0.6) is 0 Å². The Balaban J connectivity index is 4.49. The first-order valence-corrected chi connectivity index (χ1v) is 24.0. The SMILES string of the molecule is CC[CH2][Sn]([CH3])([CH3])[N](C)[Sn]([CH3])([CH3])[CH2]CC. The van der Waals surface area contributed by atoms with Gasteiger partial charge >= 0.3 is 101 Å². The molecule has 0 atom stereocenters. The van der Waals surface area contributed by atoms with Crippen molar-refractivity contribution < 1.29 is 0 Å². The van der Waals surface area contributed by atoms with Crippen LogP contribution in [0, 0.1) is 0 Å². The van der Waals surface area contributed by atoms with E-state index in [0.717, 1.165) is 0 Å². The second-order valence-electron chi connectivity index (χ2n) is 5.68. The van der Waals surface area contributed by atoms with Crippen LogP contribution in [0.1, 0.15) is 26.7 Å². The van der Waals surface area contributed by atoms with E-state index in [1.807, 2.05) is 0 Å². The molecule has 0 aromatic heterocycles. The number of nitrogens with zero attached hydrogens (tertiary/aromatic N) is 1. The Hall–Kier alpha value is 1.56. The van der Waals surface area contributed by atoms with Crippen LogP contribution in [0.4, 0.5) is 0 Å². The van der Waals surface area contributed by atoms with Gasteiger partial charge in [-0.25, -0.2) is 0 Å². The molecule has 0 spiro atoms. The van der Waals surface area contributed by atoms with E-state index in [0.29, 0.717) is 0 Å². The van der Waals surface area contributed by atoms with E-state index >= 15 is 0 Å². The van der Waals surface area contributed by atoms with E-state index in [4.69, 9.17) is 0 Å². The van der Waals surface area contributed by atoms with E-state index in [2.05, 4.69) is 42.0 Å². The first-order valence-electron chi connectivity index (χ1n) is 6.02. The van der Waals surface area contributed by atoms with Crippen LogP contribution < -0.4 is 0 Å². The molecule has 0 saturated carbocycles. The first kappa shape index (κ1) is 15.6. The van der Waals surface area contributed by atoms with Crippen LogP contribution in [-0.2, 0) is 0 Å². The van der Waals surface area contributed by atoms with Crippen LogP contribution >= 0.6 is 0 Å². The van der Waals surface area contributed by atoms with Crippen molar-refractivity contribution in [3.63, 3.8) is 0 Å². The zero-order chi connectivity index (χ0) is 11.4. The summed E-state index contributed by atoms with van der Waals surface area (Å²) in [7, 11) is 2.46. The summed E-state index contributed by atoms with van der Waals surface area (Å²) in [5.41, 5.74) is 0. The predicted molar refractivity (Wildman–Crippen MR) is 72.9 cm³/mol. The molecule has 0 amide bonds. The average Bonchev–Trinajstić information content (AvgIpc) is 2.02. The molecule has 86 valence electrons. The molecule has 14 heavy (non-hydrogen) atoms. The fraction of sp³-hybridized carbons (Fsp3) is 1.00. The minimum atomic E-state index is -1.81. The van der Waals surface area contributed by atoms with Crippen LogP contribution in [-0.4, -0.2) is 45.7 Å². The van der Waals surface area contributed by atoms with Crippen molar-refractivity contribution in [3.8, 4) is 0 Å². The van der Waals surface area contributed by atoms with Gasteiger partial charge in [0.05, 0.1) is 0 Å². The molecular weight excluding hydrogens is 384 g/mol. The molecule has 0 heterocycles. The predicted octanol–water partition coefficient (Wildman–Crippen LogP) is 4.15. The fourth-order valence-corrected chi connectivity index (χ4v) is 51.6. The molecule has 0 aliphatic carbocycles. The summed E-state index contributed by atoms with van der Waals surface area (Å²) >= 11 is -3.61. The van der Waals surface area contributed by atoms with Crippen LogP contribution in [0.15, 0.2) is 0 Å². The quantitative estimate of drug-likeness (QED) is 0.592. The topological polar surface area (TPSA) is 3.24 Å². The van der Waals surface area contributed by atoms with Gasteiger partial charge in [-0.1, -0.05) is 0 Å². The van der Waals surface area contributed by atoms with Crippen molar-refractivity contribution in [2.75, 3.05) is 7.05 Å². The van der Waals surface area contributed by atoms with Gasteiger partial charge in [-0.05, 0) is 0 Å². The first-order chi connectivity index (χ1) is 6.28. The van der Waals surface area contributed by atoms with Crippen molar-refractivity contribution in [1.29, 1.82) is 0 Å². The summed E-state index contributed by atoms with van der Waals surface area (Å²) in [5, 5.41) is 0. The third-order valence-electron chi connectivity index (χ3n) is 3.54. The molecule has 0 aliphatic heterocycles. The van der Waals surface area contributed by atoms with Gasteiger partial charge in [0.25, 0.3) is 0 Å². The number of rotatable bonds is 6. The summed E-state index contributed by atoms with van der Waals surface area (Å²) < 4.78 is 6.04. The van der Waals surface area contributed by atoms with Gasteiger partial charge in [0.15, 0.2) is 0 Å². The molecular formula is C11H29NSn2. The molecule has 0 fully saturated rings. The standard InChI is InChI=1S/2C3H7.CH3N.4CH3.2Sn/c2*1-3-2;1-2;;;;;;/h2*1,3H2,2H3;1H3;4*1H3;;. The number of hydrogen-bond acceptors (Lipinski definition) is 1. The maximum atomic E-state index is 2.97. The molecule has 0 aromatic carbocycles. The van der Waals surface area contributed by atoms with Gasteiger partial charge in [0, 0.05) is 0 Å². The van der Waals surface area contributed by atoms with Crippen molar-refractivity contribution in [3.05, 3.63) is 0 Å². The Morgan fingerprint density at radius 2 is 1.07 bits per heavy atom. The van der Waals surface area contributed by atoms with Crippen LogP contribution in [0.25, 0.3) is 0 Å². The van der Waals surface area contributed by atoms with Crippen molar-refractivity contribution >= 4 is 37.3 Å². The van der Waals surface area contributed by atoms with E-state index in [1.54, 1.807) is 0 Å². The molecule has 3 heteroatoms. The Morgan fingerprint density at radius 3 is 1.29 bits per heavy atom. The summed E-state index contributed by atoms with van der Waals surface area (Å²) in [6.45, 7) is 4.68. The molecule has 0 bridgehead atoms. The summed E-state index contributed by atoms with van der Waals surface area (Å²) in [6, 6.07) is 0. The van der Waals surface area contributed by atoms with Gasteiger partial charge in [-0.15, -0.1) is 0 Å². The monoisotopic (exact) mass is 415 g/mol. The van der Waals surface area contributed by atoms with Crippen molar-refractivity contribution in [2.24, 2.45) is 0 Å². The van der Waals surface area contributed by atoms with E-state index in [9.17, 15) is 0 Å². The van der Waals surface area contributed by atoms with E-state index in [1.165, 1.54) is 21.7 Å². The molecule has 0 saturated heterocycles. The Bertz CT molecular complexity index is 149. The molecule has 0 rings (SSSR count). The molecule has 0 aliphatic rings. The fourth-order valence-electron chi connectivity index (χ4n) is 2.38. The van der Waals surface area contributed by atoms with Crippen LogP contribution in [0.3, 0.4) is 0 Å². The molecule has 0 radical (unpaired) electrons. The third kappa shape index (κ3) is 4.60. The summed E-state index contributed by atoms with van der Waals surface area (Å²) in [5.74, 6) is 0. The third-order valence-corrected chi connectivity index (χ3v) is 46.9. The van der Waals surface area contributed by atoms with Gasteiger partial charge in [0.2, 0.25) is 0 Å². The van der Waals surface area contributed by atoms with E-state index < -0.39 is 37.3 Å². The summed E-state index contributed by atoms with van der Waals surface area (Å²) in [6.07, 6.45) is 2.78. The van der Waals surface area contributed by atoms with E-state index in [-0.39, 0.29) is 0 Å². The van der Waals surface area contributed by atoms with Crippen molar-refractivity contribution in [1.82, 2.24) is 1.34 Å². The average molecular weight is 413 g/mol. The Labute approximate surface area is 100 Å². The normalized spacial score (nSPS) is 13.7.